The molecule has 2 aliphatic rings. The molecule has 0 amide bonds. The number of halogens is 1. The summed E-state index contributed by atoms with van der Waals surface area (Å²) in [4.78, 5) is 24.7. The third-order valence-electron chi connectivity index (χ3n) is 4.85. The predicted octanol–water partition coefficient (Wildman–Crippen LogP) is 4.78. The van der Waals surface area contributed by atoms with Crippen LogP contribution in [-0.4, -0.2) is 17.7 Å². The fourth-order valence-electron chi connectivity index (χ4n) is 3.40. The van der Waals surface area contributed by atoms with Crippen molar-refractivity contribution >= 4 is 33.9 Å². The fourth-order valence-corrected chi connectivity index (χ4v) is 3.66. The molecule has 1 heterocycles. The van der Waals surface area contributed by atoms with Crippen molar-refractivity contribution in [2.24, 2.45) is 0 Å². The molecule has 0 bridgehead atoms. The van der Waals surface area contributed by atoms with Gasteiger partial charge in [0.2, 0.25) is 0 Å². The number of esters is 2. The van der Waals surface area contributed by atoms with Gasteiger partial charge in [-0.05, 0) is 54.3 Å². The summed E-state index contributed by atoms with van der Waals surface area (Å²) in [6.45, 7) is 0.417. The van der Waals surface area contributed by atoms with E-state index in [-0.39, 0.29) is 5.57 Å². The molecule has 2 fully saturated rings. The Hall–Kier alpha value is -2.60. The van der Waals surface area contributed by atoms with Crippen molar-refractivity contribution in [3.8, 4) is 5.75 Å². The lowest BCUT2D eigenvalue weighted by atomic mass is 10.1. The van der Waals surface area contributed by atoms with Crippen LogP contribution in [0.5, 0.6) is 5.75 Å². The molecular weight excluding hydrogens is 424 g/mol. The van der Waals surface area contributed by atoms with Crippen molar-refractivity contribution in [1.82, 2.24) is 0 Å². The van der Waals surface area contributed by atoms with Gasteiger partial charge in [-0.1, -0.05) is 40.2 Å². The van der Waals surface area contributed by atoms with Crippen LogP contribution in [0.15, 0.2) is 58.6 Å². The van der Waals surface area contributed by atoms with Crippen LogP contribution in [0.1, 0.15) is 36.8 Å². The zero-order valence-corrected chi connectivity index (χ0v) is 16.7. The average molecular weight is 443 g/mol. The summed E-state index contributed by atoms with van der Waals surface area (Å²) in [6, 6.07) is 15.1. The number of hydrogen-bond acceptors (Lipinski definition) is 5. The highest BCUT2D eigenvalue weighted by atomic mass is 79.9. The second-order valence-corrected chi connectivity index (χ2v) is 7.86. The van der Waals surface area contributed by atoms with Crippen LogP contribution in [-0.2, 0) is 25.7 Å². The summed E-state index contributed by atoms with van der Waals surface area (Å²) in [6.07, 6.45) is 4.39. The number of hydrogen-bond donors (Lipinski definition) is 0. The highest BCUT2D eigenvalue weighted by Crippen LogP contribution is 2.38. The maximum absolute atomic E-state index is 12.4. The maximum atomic E-state index is 12.4. The number of benzene rings is 2. The van der Waals surface area contributed by atoms with E-state index in [9.17, 15) is 9.59 Å². The number of carbonyl (C=O) groups excluding carboxylic acids is 2. The van der Waals surface area contributed by atoms with Gasteiger partial charge in [-0.25, -0.2) is 9.59 Å². The lowest BCUT2D eigenvalue weighted by Crippen LogP contribution is -2.44. The summed E-state index contributed by atoms with van der Waals surface area (Å²) in [5, 5.41) is 0. The van der Waals surface area contributed by atoms with E-state index in [4.69, 9.17) is 14.2 Å². The van der Waals surface area contributed by atoms with Gasteiger partial charge in [0, 0.05) is 17.3 Å². The van der Waals surface area contributed by atoms with Crippen molar-refractivity contribution < 1.29 is 23.8 Å². The molecule has 0 atom stereocenters. The predicted molar refractivity (Wildman–Crippen MR) is 106 cm³/mol. The van der Waals surface area contributed by atoms with Crippen LogP contribution in [0, 0.1) is 0 Å². The van der Waals surface area contributed by atoms with E-state index in [1.54, 1.807) is 18.2 Å². The molecule has 0 aromatic heterocycles. The normalized spacial score (nSPS) is 18.0. The van der Waals surface area contributed by atoms with Crippen molar-refractivity contribution in [3.05, 3.63) is 69.7 Å². The van der Waals surface area contributed by atoms with Gasteiger partial charge in [-0.15, -0.1) is 0 Å². The summed E-state index contributed by atoms with van der Waals surface area (Å²) in [5.41, 5.74) is 1.61. The van der Waals surface area contributed by atoms with E-state index in [2.05, 4.69) is 15.9 Å². The molecule has 0 unspecified atom stereocenters. The van der Waals surface area contributed by atoms with Gasteiger partial charge in [0.1, 0.15) is 17.9 Å². The van der Waals surface area contributed by atoms with Crippen LogP contribution in [0.2, 0.25) is 0 Å². The van der Waals surface area contributed by atoms with Crippen molar-refractivity contribution in [3.63, 3.8) is 0 Å². The molecule has 2 aromatic carbocycles. The highest BCUT2D eigenvalue weighted by molar-refractivity contribution is 9.10. The van der Waals surface area contributed by atoms with E-state index < -0.39 is 17.7 Å². The lowest BCUT2D eigenvalue weighted by Gasteiger charge is -2.32. The van der Waals surface area contributed by atoms with Gasteiger partial charge in [0.15, 0.2) is 0 Å². The van der Waals surface area contributed by atoms with E-state index >= 15 is 0 Å². The first-order valence-electron chi connectivity index (χ1n) is 9.19. The lowest BCUT2D eigenvalue weighted by molar-refractivity contribution is -0.232. The van der Waals surface area contributed by atoms with Crippen LogP contribution >= 0.6 is 15.9 Å². The topological polar surface area (TPSA) is 61.8 Å². The molecule has 4 rings (SSSR count). The standard InChI is InChI=1S/C22H19BrO5/c23-17-8-6-15(7-9-17)14-26-18-5-3-4-16(12-18)13-19-20(24)27-22(28-21(19)25)10-1-2-11-22/h3-9,12-13H,1-2,10-11,14H2. The average Bonchev–Trinajstić information content (AvgIpc) is 3.12. The first-order chi connectivity index (χ1) is 13.5. The minimum atomic E-state index is -1.05. The molecule has 28 heavy (non-hydrogen) atoms. The molecule has 1 saturated heterocycles. The Morgan fingerprint density at radius 3 is 2.36 bits per heavy atom. The summed E-state index contributed by atoms with van der Waals surface area (Å²) >= 11 is 3.40. The monoisotopic (exact) mass is 442 g/mol. The Morgan fingerprint density at radius 2 is 1.68 bits per heavy atom. The smallest absolute Gasteiger partial charge is 0.348 e. The number of rotatable bonds is 4. The molecule has 2 aromatic rings. The second-order valence-electron chi connectivity index (χ2n) is 6.94. The fraction of sp³-hybridized carbons (Fsp3) is 0.273. The molecule has 6 heteroatoms. The van der Waals surface area contributed by atoms with E-state index in [1.165, 1.54) is 6.08 Å². The number of ether oxygens (including phenoxy) is 3. The summed E-state index contributed by atoms with van der Waals surface area (Å²) < 4.78 is 17.7. The van der Waals surface area contributed by atoms with Gasteiger partial charge < -0.3 is 14.2 Å². The van der Waals surface area contributed by atoms with E-state index in [1.807, 2.05) is 30.3 Å². The zero-order chi connectivity index (χ0) is 19.6. The maximum Gasteiger partial charge on any atom is 0.348 e. The zero-order valence-electron chi connectivity index (χ0n) is 15.2. The molecule has 1 saturated carbocycles. The minimum Gasteiger partial charge on any atom is -0.489 e. The quantitative estimate of drug-likeness (QED) is 0.387. The third-order valence-corrected chi connectivity index (χ3v) is 5.38. The SMILES string of the molecule is O=C1OC2(CCCC2)OC(=O)C1=Cc1cccc(OCc2ccc(Br)cc2)c1. The summed E-state index contributed by atoms with van der Waals surface area (Å²) in [5.74, 6) is -1.66. The molecule has 5 nitrogen and oxygen atoms in total. The molecule has 1 aliphatic carbocycles. The van der Waals surface area contributed by atoms with Gasteiger partial charge in [-0.2, -0.15) is 0 Å². The number of carbonyl (C=O) groups is 2. The molecule has 1 aliphatic heterocycles. The molecule has 1 spiro atoms. The molecular formula is C22H19BrO5. The Balaban J connectivity index is 1.47. The van der Waals surface area contributed by atoms with Crippen molar-refractivity contribution in [2.45, 2.75) is 38.1 Å². The van der Waals surface area contributed by atoms with Crippen LogP contribution < -0.4 is 4.74 Å². The van der Waals surface area contributed by atoms with E-state index in [0.717, 1.165) is 22.9 Å². The Labute approximate surface area is 171 Å². The van der Waals surface area contributed by atoms with Crippen LogP contribution in [0.25, 0.3) is 6.08 Å². The Morgan fingerprint density at radius 1 is 1.00 bits per heavy atom. The Bertz CT molecular complexity index is 904. The second kappa shape index (κ2) is 7.80. The first-order valence-corrected chi connectivity index (χ1v) is 9.98. The van der Waals surface area contributed by atoms with Crippen molar-refractivity contribution in [1.29, 1.82) is 0 Å². The largest absolute Gasteiger partial charge is 0.489 e. The van der Waals surface area contributed by atoms with E-state index in [0.29, 0.717) is 30.8 Å². The first kappa shape index (κ1) is 18.7. The van der Waals surface area contributed by atoms with Gasteiger partial charge >= 0.3 is 11.9 Å². The van der Waals surface area contributed by atoms with Gasteiger partial charge in [-0.3, -0.25) is 0 Å². The molecule has 144 valence electrons. The van der Waals surface area contributed by atoms with Crippen LogP contribution in [0.3, 0.4) is 0 Å². The molecule has 0 N–H and O–H groups in total. The summed E-state index contributed by atoms with van der Waals surface area (Å²) in [7, 11) is 0. The minimum absolute atomic E-state index is 0.0948. The highest BCUT2D eigenvalue weighted by Gasteiger charge is 2.47. The molecule has 0 radical (unpaired) electrons. The van der Waals surface area contributed by atoms with Crippen LogP contribution in [0.4, 0.5) is 0 Å². The Kier molecular flexibility index (Phi) is 5.22. The van der Waals surface area contributed by atoms with Crippen molar-refractivity contribution in [2.75, 3.05) is 0 Å². The van der Waals surface area contributed by atoms with Gasteiger partial charge in [0.25, 0.3) is 5.79 Å². The van der Waals surface area contributed by atoms with Gasteiger partial charge in [0.05, 0.1) is 0 Å². The third kappa shape index (κ3) is 4.12.